The van der Waals surface area contributed by atoms with Crippen LogP contribution in [-0.4, -0.2) is 89.2 Å². The van der Waals surface area contributed by atoms with Crippen LogP contribution in [0.2, 0.25) is 0 Å². The number of benzene rings is 1. The monoisotopic (exact) mass is 772 g/mol. The Morgan fingerprint density at radius 1 is 1.18 bits per heavy atom. The zero-order valence-electron chi connectivity index (χ0n) is 33.2. The number of hydrogen-bond donors (Lipinski definition) is 2. The van der Waals surface area contributed by atoms with Gasteiger partial charge in [-0.05, 0) is 79.8 Å². The summed E-state index contributed by atoms with van der Waals surface area (Å²) in [6.45, 7) is 12.4. The molecule has 5 heterocycles. The predicted octanol–water partition coefficient (Wildman–Crippen LogP) is 6.03. The van der Waals surface area contributed by atoms with Crippen molar-refractivity contribution in [2.24, 2.45) is 28.2 Å². The average molecular weight is 773 g/mol. The Morgan fingerprint density at radius 2 is 1.98 bits per heavy atom. The minimum absolute atomic E-state index is 0.101. The number of methoxy groups -OCH3 is 2. The number of carbonyl (C=O) groups excluding carboxylic acids is 3. The van der Waals surface area contributed by atoms with E-state index in [0.717, 1.165) is 62.7 Å². The molecule has 7 atom stereocenters. The van der Waals surface area contributed by atoms with Gasteiger partial charge in [-0.1, -0.05) is 33.8 Å². The van der Waals surface area contributed by atoms with E-state index in [4.69, 9.17) is 24.2 Å². The van der Waals surface area contributed by atoms with Crippen LogP contribution in [0.4, 0.5) is 0 Å². The minimum Gasteiger partial charge on any atom is -0.464 e. The molecule has 2 N–H and O–H groups in total. The molecule has 7 rings (SSSR count). The van der Waals surface area contributed by atoms with Crippen LogP contribution in [0.5, 0.6) is 0 Å². The maximum Gasteiger partial charge on any atom is 0.324 e. The molecule has 1 aromatic carbocycles. The topological polar surface area (TPSA) is 136 Å². The highest BCUT2D eigenvalue weighted by atomic mass is 32.2. The molecule has 2 amide bonds. The number of rotatable bonds is 9. The predicted molar refractivity (Wildman–Crippen MR) is 214 cm³/mol. The molecule has 2 fully saturated rings. The van der Waals surface area contributed by atoms with E-state index in [9.17, 15) is 14.4 Å². The average Bonchev–Trinajstić information content (AvgIpc) is 3.45. The maximum atomic E-state index is 14.2. The Bertz CT molecular complexity index is 1950. The van der Waals surface area contributed by atoms with E-state index in [1.54, 1.807) is 26.0 Å². The van der Waals surface area contributed by atoms with Gasteiger partial charge in [0.2, 0.25) is 5.91 Å². The third-order valence-electron chi connectivity index (χ3n) is 12.0. The van der Waals surface area contributed by atoms with Crippen LogP contribution in [-0.2, 0) is 41.6 Å². The lowest BCUT2D eigenvalue weighted by Crippen LogP contribution is -2.60. The Hall–Kier alpha value is -3.78. The summed E-state index contributed by atoms with van der Waals surface area (Å²) in [5, 5.41) is 6.56. The lowest BCUT2D eigenvalue weighted by Gasteiger charge is -2.35. The van der Waals surface area contributed by atoms with Gasteiger partial charge >= 0.3 is 5.97 Å². The highest BCUT2D eigenvalue weighted by Crippen LogP contribution is 2.46. The zero-order valence-corrected chi connectivity index (χ0v) is 34.0. The number of amides is 2. The second kappa shape index (κ2) is 16.4. The molecule has 3 aliphatic heterocycles. The van der Waals surface area contributed by atoms with Crippen LogP contribution in [0.1, 0.15) is 89.3 Å². The molecular weight excluding hydrogens is 717 g/mol. The molecular formula is C42H56N6O6S. The summed E-state index contributed by atoms with van der Waals surface area (Å²) in [5.41, 5.74) is 9.01. The molecule has 3 aromatic rings. The number of aromatic nitrogens is 2. The second-order valence-electron chi connectivity index (χ2n) is 16.5. The maximum absolute atomic E-state index is 14.2. The summed E-state index contributed by atoms with van der Waals surface area (Å²) in [4.78, 5) is 51.3. The van der Waals surface area contributed by atoms with Crippen LogP contribution in [0.15, 0.2) is 41.5 Å². The number of hydrazine groups is 1. The summed E-state index contributed by atoms with van der Waals surface area (Å²) < 4.78 is 19.8. The van der Waals surface area contributed by atoms with E-state index in [-0.39, 0.29) is 60.7 Å². The molecule has 4 aliphatic rings. The van der Waals surface area contributed by atoms with E-state index in [2.05, 4.69) is 67.3 Å². The van der Waals surface area contributed by atoms with Crippen molar-refractivity contribution in [3.8, 4) is 11.3 Å². The number of carbonyl (C=O) groups is 3. The Labute approximate surface area is 328 Å². The number of nitrogens with one attached hydrogen (secondary N) is 2. The van der Waals surface area contributed by atoms with Gasteiger partial charge < -0.3 is 24.1 Å². The molecule has 6 bridgehead atoms. The van der Waals surface area contributed by atoms with Crippen molar-refractivity contribution >= 4 is 45.5 Å². The van der Waals surface area contributed by atoms with Gasteiger partial charge in [-0.15, -0.1) is 11.8 Å². The molecule has 0 radical (unpaired) electrons. The standard InChI is InChI=1S/C42H56N6O6S/c1-24-25(2)36(24)39(49)45-32-20-35-44-33(22-55-35)27-13-14-34-29(19-27)30(21-42(4,5)23-54-41(51)31-12-9-17-48(46-31)40(32)50)38(47(34)16-10-18-52-6)28-11-8-15-43-37(28)26(3)53-7/h8,11,13-15,19,24-26,31-33,36,46H,9-10,12,16-18,20-23H2,1-7H3,(H,45,49)/t24-,25+,26-,31-,32-,33?,36?/m0/s1. The van der Waals surface area contributed by atoms with E-state index in [1.165, 1.54) is 5.01 Å². The lowest BCUT2D eigenvalue weighted by molar-refractivity contribution is -0.155. The van der Waals surface area contributed by atoms with Crippen LogP contribution in [0.25, 0.3) is 22.2 Å². The molecule has 12 nitrogen and oxygen atoms in total. The summed E-state index contributed by atoms with van der Waals surface area (Å²) in [6.07, 6.45) is 4.49. The van der Waals surface area contributed by atoms with Crippen molar-refractivity contribution in [2.45, 2.75) is 97.5 Å². The molecule has 1 saturated heterocycles. The number of nitrogens with zero attached hydrogens (tertiary/aromatic N) is 4. The smallest absolute Gasteiger partial charge is 0.324 e. The molecule has 1 saturated carbocycles. The summed E-state index contributed by atoms with van der Waals surface area (Å²) in [7, 11) is 3.43. The van der Waals surface area contributed by atoms with Crippen LogP contribution < -0.4 is 10.7 Å². The van der Waals surface area contributed by atoms with E-state index < -0.39 is 17.5 Å². The Kier molecular flexibility index (Phi) is 11.7. The van der Waals surface area contributed by atoms with Crippen molar-refractivity contribution < 1.29 is 28.6 Å². The first-order chi connectivity index (χ1) is 26.4. The quantitative estimate of drug-likeness (QED) is 0.197. The Morgan fingerprint density at radius 3 is 2.73 bits per heavy atom. The van der Waals surface area contributed by atoms with Gasteiger partial charge in [-0.3, -0.25) is 29.4 Å². The number of aliphatic imine (C=N–C) groups is 1. The summed E-state index contributed by atoms with van der Waals surface area (Å²) >= 11 is 1.64. The fourth-order valence-corrected chi connectivity index (χ4v) is 9.58. The fraction of sp³-hybridized carbons (Fsp3) is 0.595. The Balaban J connectivity index is 1.35. The van der Waals surface area contributed by atoms with E-state index in [1.807, 2.05) is 19.2 Å². The number of fused-ring (bicyclic) bond motifs is 5. The minimum atomic E-state index is -0.807. The zero-order chi connectivity index (χ0) is 39.0. The number of ether oxygens (including phenoxy) is 3. The van der Waals surface area contributed by atoms with Crippen LogP contribution in [0.3, 0.4) is 0 Å². The number of pyridine rings is 1. The van der Waals surface area contributed by atoms with Gasteiger partial charge in [0.1, 0.15) is 12.1 Å². The number of hydrogen-bond acceptors (Lipinski definition) is 10. The highest BCUT2D eigenvalue weighted by molar-refractivity contribution is 8.14. The van der Waals surface area contributed by atoms with Crippen LogP contribution >= 0.6 is 11.8 Å². The first-order valence-corrected chi connectivity index (χ1v) is 20.8. The molecule has 296 valence electrons. The van der Waals surface area contributed by atoms with Crippen molar-refractivity contribution in [2.75, 3.05) is 39.7 Å². The molecule has 0 spiro atoms. The normalized spacial score (nSPS) is 27.3. The van der Waals surface area contributed by atoms with Gasteiger partial charge in [0, 0.05) is 80.1 Å². The van der Waals surface area contributed by atoms with Gasteiger partial charge in [0.05, 0.1) is 35.2 Å². The summed E-state index contributed by atoms with van der Waals surface area (Å²) in [5.74, 6) is 0.425. The fourth-order valence-electron chi connectivity index (χ4n) is 8.48. The first kappa shape index (κ1) is 39.5. The van der Waals surface area contributed by atoms with Gasteiger partial charge in [-0.25, -0.2) is 5.43 Å². The van der Waals surface area contributed by atoms with Crippen molar-refractivity contribution in [1.82, 2.24) is 25.3 Å². The van der Waals surface area contributed by atoms with Crippen LogP contribution in [0, 0.1) is 23.2 Å². The van der Waals surface area contributed by atoms with E-state index in [0.29, 0.717) is 32.4 Å². The first-order valence-electron chi connectivity index (χ1n) is 19.8. The van der Waals surface area contributed by atoms with Crippen molar-refractivity contribution in [3.05, 3.63) is 53.3 Å². The largest absolute Gasteiger partial charge is 0.464 e. The highest BCUT2D eigenvalue weighted by Gasteiger charge is 2.49. The van der Waals surface area contributed by atoms with E-state index >= 15 is 0 Å². The van der Waals surface area contributed by atoms with Crippen molar-refractivity contribution in [3.63, 3.8) is 0 Å². The van der Waals surface area contributed by atoms with Gasteiger partial charge in [-0.2, -0.15) is 0 Å². The van der Waals surface area contributed by atoms with Crippen molar-refractivity contribution in [1.29, 1.82) is 0 Å². The summed E-state index contributed by atoms with van der Waals surface area (Å²) in [6, 6.07) is 9.16. The number of aryl methyl sites for hydroxylation is 1. The molecule has 55 heavy (non-hydrogen) atoms. The third-order valence-corrected chi connectivity index (χ3v) is 13.0. The SMILES string of the molecule is COCCCn1c(-c2cccnc2[C@H](C)OC)c2c3cc(ccc31)C1CSC(=N1)C[C@H](NC(=O)C1[C@@H](C)[C@H]1C)C(=O)N1CCC[C@H](N1)C(=O)OCC(C)(C)C2. The molecule has 2 aromatic heterocycles. The lowest BCUT2D eigenvalue weighted by atomic mass is 9.84. The molecule has 1 aliphatic carbocycles. The number of thioether (sulfide) groups is 1. The van der Waals surface area contributed by atoms with Gasteiger partial charge in [0.15, 0.2) is 0 Å². The molecule has 2 unspecified atom stereocenters. The van der Waals surface area contributed by atoms with Gasteiger partial charge in [0.25, 0.3) is 5.91 Å². The molecule has 13 heteroatoms. The number of esters is 1. The third kappa shape index (κ3) is 8.22. The number of cyclic esters (lactones) is 1. The second-order valence-corrected chi connectivity index (χ2v) is 17.6.